The third-order valence-electron chi connectivity index (χ3n) is 3.84. The fraction of sp³-hybridized carbons (Fsp3) is 0.600. The van der Waals surface area contributed by atoms with Crippen LogP contribution in [0.3, 0.4) is 0 Å². The largest absolute Gasteiger partial charge is 0.493 e. The van der Waals surface area contributed by atoms with Crippen molar-refractivity contribution in [2.45, 2.75) is 32.1 Å². The van der Waals surface area contributed by atoms with Gasteiger partial charge in [0.15, 0.2) is 11.5 Å². The summed E-state index contributed by atoms with van der Waals surface area (Å²) in [6.45, 7) is 4.30. The van der Waals surface area contributed by atoms with Gasteiger partial charge in [-0.25, -0.2) is 0 Å². The SMILES string of the molecule is CCc1cc(OC)c(OC)c(C2CCNCC2)c1Br. The maximum atomic E-state index is 5.63. The smallest absolute Gasteiger partial charge is 0.165 e. The maximum Gasteiger partial charge on any atom is 0.165 e. The molecule has 0 spiro atoms. The van der Waals surface area contributed by atoms with Crippen LogP contribution in [0.15, 0.2) is 10.5 Å². The van der Waals surface area contributed by atoms with Gasteiger partial charge in [0.1, 0.15) is 0 Å². The highest BCUT2D eigenvalue weighted by Gasteiger charge is 2.25. The first kappa shape index (κ1) is 14.7. The van der Waals surface area contributed by atoms with Crippen LogP contribution in [0.25, 0.3) is 0 Å². The molecule has 106 valence electrons. The number of benzene rings is 1. The topological polar surface area (TPSA) is 30.5 Å². The minimum absolute atomic E-state index is 0.533. The Labute approximate surface area is 123 Å². The second-order valence-corrected chi connectivity index (χ2v) is 5.67. The van der Waals surface area contributed by atoms with Crippen LogP contribution in [-0.4, -0.2) is 27.3 Å². The van der Waals surface area contributed by atoms with Crippen molar-refractivity contribution in [1.82, 2.24) is 5.32 Å². The van der Waals surface area contributed by atoms with Gasteiger partial charge in [0.05, 0.1) is 14.2 Å². The molecule has 3 nitrogen and oxygen atoms in total. The summed E-state index contributed by atoms with van der Waals surface area (Å²) in [5, 5.41) is 3.41. The van der Waals surface area contributed by atoms with Gasteiger partial charge in [-0.1, -0.05) is 22.9 Å². The highest BCUT2D eigenvalue weighted by Crippen LogP contribution is 2.45. The van der Waals surface area contributed by atoms with Crippen LogP contribution in [0, 0.1) is 0 Å². The lowest BCUT2D eigenvalue weighted by atomic mass is 9.88. The van der Waals surface area contributed by atoms with E-state index in [9.17, 15) is 0 Å². The molecule has 0 saturated carbocycles. The third kappa shape index (κ3) is 2.90. The van der Waals surface area contributed by atoms with Gasteiger partial charge < -0.3 is 14.8 Å². The van der Waals surface area contributed by atoms with Crippen LogP contribution in [0.2, 0.25) is 0 Å². The van der Waals surface area contributed by atoms with E-state index in [4.69, 9.17) is 9.47 Å². The maximum absolute atomic E-state index is 5.63. The summed E-state index contributed by atoms with van der Waals surface area (Å²) in [5.41, 5.74) is 2.56. The number of methoxy groups -OCH3 is 2. The molecule has 1 N–H and O–H groups in total. The second kappa shape index (κ2) is 6.62. The molecule has 1 aliphatic rings. The van der Waals surface area contributed by atoms with E-state index in [1.165, 1.54) is 15.6 Å². The zero-order valence-corrected chi connectivity index (χ0v) is 13.5. The van der Waals surface area contributed by atoms with E-state index in [0.29, 0.717) is 5.92 Å². The van der Waals surface area contributed by atoms with E-state index >= 15 is 0 Å². The Morgan fingerprint density at radius 2 is 1.95 bits per heavy atom. The molecule has 0 aromatic heterocycles. The molecule has 1 aliphatic heterocycles. The Kier molecular flexibility index (Phi) is 5.11. The molecule has 19 heavy (non-hydrogen) atoms. The normalized spacial score (nSPS) is 16.4. The zero-order chi connectivity index (χ0) is 13.8. The molecule has 4 heteroatoms. The fourth-order valence-corrected chi connectivity index (χ4v) is 3.69. The van der Waals surface area contributed by atoms with E-state index in [-0.39, 0.29) is 0 Å². The molecule has 0 unspecified atom stereocenters. The van der Waals surface area contributed by atoms with Gasteiger partial charge >= 0.3 is 0 Å². The molecule has 2 rings (SSSR count). The molecule has 0 amide bonds. The second-order valence-electron chi connectivity index (χ2n) is 4.88. The number of hydrogen-bond acceptors (Lipinski definition) is 3. The number of ether oxygens (including phenoxy) is 2. The Hall–Kier alpha value is -0.740. The van der Waals surface area contributed by atoms with Crippen LogP contribution in [0.5, 0.6) is 11.5 Å². The molecule has 0 aliphatic carbocycles. The highest BCUT2D eigenvalue weighted by atomic mass is 79.9. The summed E-state index contributed by atoms with van der Waals surface area (Å²) in [6, 6.07) is 2.08. The van der Waals surface area contributed by atoms with E-state index in [1.807, 2.05) is 0 Å². The standard InChI is InChI=1S/C15H22BrNO2/c1-4-10-9-12(18-2)15(19-3)13(14(10)16)11-5-7-17-8-6-11/h9,11,17H,4-8H2,1-3H3. The predicted octanol–water partition coefficient (Wildman–Crippen LogP) is 3.50. The Bertz CT molecular complexity index is 442. The number of nitrogens with one attached hydrogen (secondary N) is 1. The van der Waals surface area contributed by atoms with Crippen molar-refractivity contribution in [3.63, 3.8) is 0 Å². The van der Waals surface area contributed by atoms with Crippen LogP contribution in [-0.2, 0) is 6.42 Å². The Balaban J connectivity index is 2.53. The quantitative estimate of drug-likeness (QED) is 0.918. The molecule has 0 atom stereocenters. The lowest BCUT2D eigenvalue weighted by Gasteiger charge is -2.27. The highest BCUT2D eigenvalue weighted by molar-refractivity contribution is 9.10. The number of halogens is 1. The van der Waals surface area contributed by atoms with E-state index in [1.54, 1.807) is 14.2 Å². The van der Waals surface area contributed by atoms with Gasteiger partial charge in [0, 0.05) is 10.0 Å². The minimum Gasteiger partial charge on any atom is -0.493 e. The van der Waals surface area contributed by atoms with Crippen LogP contribution in [0.4, 0.5) is 0 Å². The van der Waals surface area contributed by atoms with Crippen molar-refractivity contribution in [2.24, 2.45) is 0 Å². The molecule has 1 fully saturated rings. The molecular formula is C15H22BrNO2. The lowest BCUT2D eigenvalue weighted by molar-refractivity contribution is 0.343. The van der Waals surface area contributed by atoms with E-state index in [2.05, 4.69) is 34.2 Å². The molecule has 1 heterocycles. The third-order valence-corrected chi connectivity index (χ3v) is 4.78. The summed E-state index contributed by atoms with van der Waals surface area (Å²) >= 11 is 3.78. The molecule has 1 saturated heterocycles. The van der Waals surface area contributed by atoms with Crippen molar-refractivity contribution in [2.75, 3.05) is 27.3 Å². The van der Waals surface area contributed by atoms with Gasteiger partial charge in [0.2, 0.25) is 0 Å². The zero-order valence-electron chi connectivity index (χ0n) is 11.9. The van der Waals surface area contributed by atoms with Crippen molar-refractivity contribution in [1.29, 1.82) is 0 Å². The molecule has 0 radical (unpaired) electrons. The molecule has 0 bridgehead atoms. The van der Waals surface area contributed by atoms with Crippen molar-refractivity contribution >= 4 is 15.9 Å². The van der Waals surface area contributed by atoms with E-state index in [0.717, 1.165) is 43.9 Å². The van der Waals surface area contributed by atoms with Crippen LogP contribution in [0.1, 0.15) is 36.8 Å². The summed E-state index contributed by atoms with van der Waals surface area (Å²) in [4.78, 5) is 0. The monoisotopic (exact) mass is 327 g/mol. The van der Waals surface area contributed by atoms with Crippen molar-refractivity contribution in [3.8, 4) is 11.5 Å². The predicted molar refractivity (Wildman–Crippen MR) is 81.5 cm³/mol. The summed E-state index contributed by atoms with van der Waals surface area (Å²) in [5.74, 6) is 2.26. The van der Waals surface area contributed by atoms with E-state index < -0.39 is 0 Å². The Morgan fingerprint density at radius 1 is 1.26 bits per heavy atom. The number of rotatable bonds is 4. The summed E-state index contributed by atoms with van der Waals surface area (Å²) in [6.07, 6.45) is 3.27. The summed E-state index contributed by atoms with van der Waals surface area (Å²) < 4.78 is 12.3. The number of aryl methyl sites for hydroxylation is 1. The van der Waals surface area contributed by atoms with Crippen LogP contribution >= 0.6 is 15.9 Å². The van der Waals surface area contributed by atoms with Crippen molar-refractivity contribution < 1.29 is 9.47 Å². The van der Waals surface area contributed by atoms with Gasteiger partial charge in [-0.05, 0) is 49.9 Å². The Morgan fingerprint density at radius 3 is 2.47 bits per heavy atom. The van der Waals surface area contributed by atoms with Crippen molar-refractivity contribution in [3.05, 3.63) is 21.7 Å². The molecule has 1 aromatic carbocycles. The molecular weight excluding hydrogens is 306 g/mol. The fourth-order valence-electron chi connectivity index (χ4n) is 2.79. The average Bonchev–Trinajstić information content (AvgIpc) is 2.47. The first-order chi connectivity index (χ1) is 9.22. The van der Waals surface area contributed by atoms with Gasteiger partial charge in [0.25, 0.3) is 0 Å². The van der Waals surface area contributed by atoms with Gasteiger partial charge in [-0.15, -0.1) is 0 Å². The lowest BCUT2D eigenvalue weighted by Crippen LogP contribution is -2.27. The number of hydrogen-bond donors (Lipinski definition) is 1. The first-order valence-corrected chi connectivity index (χ1v) is 7.66. The first-order valence-electron chi connectivity index (χ1n) is 6.86. The van der Waals surface area contributed by atoms with Crippen LogP contribution < -0.4 is 14.8 Å². The molecule has 1 aromatic rings. The van der Waals surface area contributed by atoms with Gasteiger partial charge in [-0.2, -0.15) is 0 Å². The average molecular weight is 328 g/mol. The van der Waals surface area contributed by atoms with Gasteiger partial charge in [-0.3, -0.25) is 0 Å². The number of piperidine rings is 1. The summed E-state index contributed by atoms with van der Waals surface area (Å²) in [7, 11) is 3.43. The minimum atomic E-state index is 0.533.